The van der Waals surface area contributed by atoms with Crippen LogP contribution in [0, 0.1) is 20.2 Å². The molecule has 96 valence electrons. The van der Waals surface area contributed by atoms with Crippen LogP contribution < -0.4 is 0 Å². The van der Waals surface area contributed by atoms with E-state index in [4.69, 9.17) is 0 Å². The summed E-state index contributed by atoms with van der Waals surface area (Å²) in [6.07, 6.45) is 6.08. The highest BCUT2D eigenvalue weighted by Gasteiger charge is 2.03. The van der Waals surface area contributed by atoms with E-state index in [1.165, 1.54) is 12.2 Å². The van der Waals surface area contributed by atoms with Gasteiger partial charge in [0, 0.05) is 34.8 Å². The number of hydrogen-bond donors (Lipinski definition) is 1. The van der Waals surface area contributed by atoms with Gasteiger partial charge in [-0.2, -0.15) is 0 Å². The molecule has 1 heterocycles. The number of benzene rings is 1. The zero-order chi connectivity index (χ0) is 13.8. The highest BCUT2D eigenvalue weighted by Crippen LogP contribution is 2.21. The van der Waals surface area contributed by atoms with Crippen molar-refractivity contribution in [2.24, 2.45) is 0 Å². The highest BCUT2D eigenvalue weighted by molar-refractivity contribution is 5.90. The van der Waals surface area contributed by atoms with Crippen LogP contribution in [0.25, 0.3) is 23.1 Å². The third-order valence-corrected chi connectivity index (χ3v) is 2.50. The number of aromatic amines is 1. The Labute approximate surface area is 107 Å². The second-order valence-electron chi connectivity index (χ2n) is 3.75. The van der Waals surface area contributed by atoms with Gasteiger partial charge in [-0.25, -0.2) is 0 Å². The monoisotopic (exact) mass is 259 g/mol. The van der Waals surface area contributed by atoms with Gasteiger partial charge in [0.15, 0.2) is 0 Å². The molecule has 0 atom stereocenters. The summed E-state index contributed by atoms with van der Waals surface area (Å²) in [7, 11) is 0. The molecule has 0 spiro atoms. The molecule has 2 aromatic rings. The van der Waals surface area contributed by atoms with Crippen molar-refractivity contribution >= 4 is 23.1 Å². The van der Waals surface area contributed by atoms with E-state index in [1.54, 1.807) is 24.4 Å². The van der Waals surface area contributed by atoms with Crippen molar-refractivity contribution in [3.8, 4) is 0 Å². The third-order valence-electron chi connectivity index (χ3n) is 2.50. The Morgan fingerprint density at radius 2 is 1.74 bits per heavy atom. The van der Waals surface area contributed by atoms with Crippen LogP contribution in [-0.2, 0) is 0 Å². The number of nitrogens with one attached hydrogen (secondary N) is 1. The molecule has 7 nitrogen and oxygen atoms in total. The van der Waals surface area contributed by atoms with E-state index < -0.39 is 9.85 Å². The Morgan fingerprint density at radius 1 is 1.05 bits per heavy atom. The fourth-order valence-corrected chi connectivity index (χ4v) is 1.69. The Balaban J connectivity index is 2.42. The SMILES string of the molecule is O=[N+]([O-])C=Cc1ccc2[nH]cc(C=C[N+](=O)[O-])c2c1. The second kappa shape index (κ2) is 5.13. The first-order valence-corrected chi connectivity index (χ1v) is 5.31. The minimum Gasteiger partial charge on any atom is -0.361 e. The average Bonchev–Trinajstić information content (AvgIpc) is 2.76. The van der Waals surface area contributed by atoms with Crippen LogP contribution in [-0.4, -0.2) is 14.8 Å². The maximum atomic E-state index is 10.3. The number of H-pyrrole nitrogens is 1. The molecule has 1 aromatic carbocycles. The lowest BCUT2D eigenvalue weighted by Gasteiger charge is -1.94. The predicted molar refractivity (Wildman–Crippen MR) is 70.4 cm³/mol. The van der Waals surface area contributed by atoms with Crippen LogP contribution in [0.4, 0.5) is 0 Å². The third kappa shape index (κ3) is 3.03. The standard InChI is InChI=1S/C12H9N3O4/c16-14(17)5-3-9-1-2-12-11(7-9)10(8-13-12)4-6-15(18)19/h1-8,13H. The van der Waals surface area contributed by atoms with Crippen LogP contribution in [0.2, 0.25) is 0 Å². The van der Waals surface area contributed by atoms with Gasteiger partial charge in [-0.15, -0.1) is 0 Å². The summed E-state index contributed by atoms with van der Waals surface area (Å²) < 4.78 is 0. The van der Waals surface area contributed by atoms with E-state index in [0.29, 0.717) is 11.1 Å². The van der Waals surface area contributed by atoms with Crippen LogP contribution in [0.1, 0.15) is 11.1 Å². The second-order valence-corrected chi connectivity index (χ2v) is 3.75. The van der Waals surface area contributed by atoms with Crippen molar-refractivity contribution in [3.63, 3.8) is 0 Å². The van der Waals surface area contributed by atoms with E-state index in [9.17, 15) is 20.2 Å². The van der Waals surface area contributed by atoms with Gasteiger partial charge in [-0.3, -0.25) is 20.2 Å². The Kier molecular flexibility index (Phi) is 3.37. The molecule has 0 aliphatic heterocycles. The number of nitro groups is 2. The normalized spacial score (nSPS) is 11.6. The molecule has 19 heavy (non-hydrogen) atoms. The van der Waals surface area contributed by atoms with Crippen molar-refractivity contribution in [1.82, 2.24) is 4.98 Å². The quantitative estimate of drug-likeness (QED) is 0.673. The predicted octanol–water partition coefficient (Wildman–Crippen LogP) is 2.66. The van der Waals surface area contributed by atoms with Gasteiger partial charge in [-0.1, -0.05) is 6.07 Å². The topological polar surface area (TPSA) is 102 Å². The zero-order valence-corrected chi connectivity index (χ0v) is 9.65. The molecule has 0 aliphatic rings. The van der Waals surface area contributed by atoms with Crippen molar-refractivity contribution in [2.75, 3.05) is 0 Å². The lowest BCUT2D eigenvalue weighted by molar-refractivity contribution is -0.401. The van der Waals surface area contributed by atoms with Gasteiger partial charge in [0.05, 0.1) is 9.85 Å². The Bertz CT molecular complexity index is 700. The number of aromatic nitrogens is 1. The summed E-state index contributed by atoms with van der Waals surface area (Å²) in [4.78, 5) is 22.4. The smallest absolute Gasteiger partial charge is 0.235 e. The van der Waals surface area contributed by atoms with Crippen molar-refractivity contribution < 1.29 is 9.85 Å². The van der Waals surface area contributed by atoms with Crippen LogP contribution in [0.15, 0.2) is 36.8 Å². The Morgan fingerprint density at radius 3 is 2.42 bits per heavy atom. The zero-order valence-electron chi connectivity index (χ0n) is 9.65. The summed E-state index contributed by atoms with van der Waals surface area (Å²) in [6.45, 7) is 0. The summed E-state index contributed by atoms with van der Waals surface area (Å²) in [5.41, 5.74) is 2.11. The maximum Gasteiger partial charge on any atom is 0.235 e. The molecular weight excluding hydrogens is 250 g/mol. The molecule has 7 heteroatoms. The van der Waals surface area contributed by atoms with Gasteiger partial charge < -0.3 is 4.98 Å². The molecule has 0 saturated heterocycles. The van der Waals surface area contributed by atoms with Crippen molar-refractivity contribution in [2.45, 2.75) is 0 Å². The molecule has 2 rings (SSSR count). The lowest BCUT2D eigenvalue weighted by atomic mass is 10.1. The minimum absolute atomic E-state index is 0.546. The number of nitrogens with zero attached hydrogens (tertiary/aromatic N) is 2. The van der Waals surface area contributed by atoms with E-state index in [2.05, 4.69) is 4.98 Å². The van der Waals surface area contributed by atoms with E-state index >= 15 is 0 Å². The van der Waals surface area contributed by atoms with Crippen molar-refractivity contribution in [1.29, 1.82) is 0 Å². The minimum atomic E-state index is -0.547. The highest BCUT2D eigenvalue weighted by atomic mass is 16.6. The summed E-state index contributed by atoms with van der Waals surface area (Å²) in [6, 6.07) is 5.21. The molecule has 0 aliphatic carbocycles. The van der Waals surface area contributed by atoms with E-state index in [1.807, 2.05) is 0 Å². The van der Waals surface area contributed by atoms with E-state index in [0.717, 1.165) is 23.3 Å². The van der Waals surface area contributed by atoms with E-state index in [-0.39, 0.29) is 0 Å². The molecule has 1 N–H and O–H groups in total. The maximum absolute atomic E-state index is 10.3. The van der Waals surface area contributed by atoms with Crippen molar-refractivity contribution in [3.05, 3.63) is 68.2 Å². The molecule has 0 bridgehead atoms. The first-order chi connectivity index (χ1) is 9.06. The number of hydrogen-bond acceptors (Lipinski definition) is 4. The first-order valence-electron chi connectivity index (χ1n) is 5.31. The Hall–Kier alpha value is -2.96. The van der Waals surface area contributed by atoms with Crippen LogP contribution >= 0.6 is 0 Å². The molecule has 0 amide bonds. The summed E-state index contributed by atoms with van der Waals surface area (Å²) >= 11 is 0. The summed E-state index contributed by atoms with van der Waals surface area (Å²) in [5, 5.41) is 21.3. The molecule has 0 radical (unpaired) electrons. The molecular formula is C12H9N3O4. The van der Waals surface area contributed by atoms with Gasteiger partial charge in [0.25, 0.3) is 0 Å². The van der Waals surface area contributed by atoms with Gasteiger partial charge in [-0.05, 0) is 17.7 Å². The van der Waals surface area contributed by atoms with Crippen LogP contribution in [0.3, 0.4) is 0 Å². The first kappa shape index (κ1) is 12.5. The average molecular weight is 259 g/mol. The summed E-state index contributed by atoms with van der Waals surface area (Å²) in [5.74, 6) is 0. The molecule has 0 fully saturated rings. The number of fused-ring (bicyclic) bond motifs is 1. The number of rotatable bonds is 4. The van der Waals surface area contributed by atoms with Gasteiger partial charge in [0.2, 0.25) is 12.4 Å². The fraction of sp³-hybridized carbons (Fsp3) is 0. The lowest BCUT2D eigenvalue weighted by Crippen LogP contribution is -1.83. The van der Waals surface area contributed by atoms with Crippen LogP contribution in [0.5, 0.6) is 0 Å². The largest absolute Gasteiger partial charge is 0.361 e. The molecule has 1 aromatic heterocycles. The molecule has 0 unspecified atom stereocenters. The molecule has 0 saturated carbocycles. The van der Waals surface area contributed by atoms with Gasteiger partial charge >= 0.3 is 0 Å². The van der Waals surface area contributed by atoms with Gasteiger partial charge in [0.1, 0.15) is 0 Å². The fourth-order valence-electron chi connectivity index (χ4n) is 1.69.